The molecule has 3 heterocycles. The van der Waals surface area contributed by atoms with Crippen molar-refractivity contribution in [2.24, 2.45) is 10.9 Å². The van der Waals surface area contributed by atoms with Gasteiger partial charge in [-0.2, -0.15) is 4.98 Å². The van der Waals surface area contributed by atoms with Gasteiger partial charge in [0.1, 0.15) is 0 Å². The van der Waals surface area contributed by atoms with E-state index in [1.54, 1.807) is 7.05 Å². The van der Waals surface area contributed by atoms with Gasteiger partial charge in [0.15, 0.2) is 11.8 Å². The average molecular weight is 405 g/mol. The highest BCUT2D eigenvalue weighted by molar-refractivity contribution is 7.10. The van der Waals surface area contributed by atoms with Gasteiger partial charge in [-0.3, -0.25) is 9.89 Å². The summed E-state index contributed by atoms with van der Waals surface area (Å²) < 4.78 is 5.35. The highest BCUT2D eigenvalue weighted by Crippen LogP contribution is 2.36. The van der Waals surface area contributed by atoms with E-state index in [0.29, 0.717) is 30.2 Å². The van der Waals surface area contributed by atoms with Crippen LogP contribution in [-0.4, -0.2) is 48.2 Å². The van der Waals surface area contributed by atoms with Crippen molar-refractivity contribution in [1.82, 2.24) is 25.7 Å². The molecule has 0 radical (unpaired) electrons. The Balaban J connectivity index is 1.55. The lowest BCUT2D eigenvalue weighted by Crippen LogP contribution is -2.44. The Morgan fingerprint density at radius 3 is 2.86 bits per heavy atom. The zero-order valence-electron chi connectivity index (χ0n) is 17.5. The number of hydrogen-bond acceptors (Lipinski definition) is 6. The first-order chi connectivity index (χ1) is 13.4. The fourth-order valence-electron chi connectivity index (χ4n) is 3.62. The van der Waals surface area contributed by atoms with Gasteiger partial charge in [0, 0.05) is 29.9 Å². The maximum atomic E-state index is 5.35. The number of guanidine groups is 1. The van der Waals surface area contributed by atoms with Crippen molar-refractivity contribution in [2.45, 2.75) is 51.6 Å². The van der Waals surface area contributed by atoms with Crippen LogP contribution in [-0.2, 0) is 12.0 Å². The van der Waals surface area contributed by atoms with Gasteiger partial charge in [-0.05, 0) is 43.8 Å². The topological polar surface area (TPSA) is 78.6 Å². The normalized spacial score (nSPS) is 21.7. The minimum Gasteiger partial charge on any atom is -0.356 e. The predicted octanol–water partition coefficient (Wildman–Crippen LogP) is 3.18. The summed E-state index contributed by atoms with van der Waals surface area (Å²) in [6, 6.07) is 4.86. The monoisotopic (exact) mass is 404 g/mol. The number of nitrogens with one attached hydrogen (secondary N) is 2. The van der Waals surface area contributed by atoms with Crippen LogP contribution >= 0.6 is 11.3 Å². The molecule has 7 nitrogen and oxygen atoms in total. The van der Waals surface area contributed by atoms with Gasteiger partial charge >= 0.3 is 0 Å². The zero-order chi connectivity index (χ0) is 20.1. The van der Waals surface area contributed by atoms with Gasteiger partial charge < -0.3 is 15.2 Å². The van der Waals surface area contributed by atoms with E-state index in [4.69, 9.17) is 4.52 Å². The molecule has 1 saturated heterocycles. The van der Waals surface area contributed by atoms with E-state index in [-0.39, 0.29) is 5.41 Å². The third-order valence-corrected chi connectivity index (χ3v) is 6.06. The highest BCUT2D eigenvalue weighted by Gasteiger charge is 2.31. The summed E-state index contributed by atoms with van der Waals surface area (Å²) in [5.41, 5.74) is -0.144. The van der Waals surface area contributed by atoms with Gasteiger partial charge in [0.2, 0.25) is 5.89 Å². The van der Waals surface area contributed by atoms with Gasteiger partial charge in [0.05, 0.1) is 6.54 Å². The van der Waals surface area contributed by atoms with Gasteiger partial charge in [-0.1, -0.05) is 32.0 Å². The molecule has 2 aromatic rings. The van der Waals surface area contributed by atoms with Crippen molar-refractivity contribution in [3.8, 4) is 0 Å². The molecule has 0 aromatic carbocycles. The lowest BCUT2D eigenvalue weighted by Gasteiger charge is -2.39. The minimum atomic E-state index is -0.144. The standard InChI is InChI=1S/C20H32N6OS/c1-20(2,3)18-24-16(25-27-18)13-23-19(21-4)22-12-14-8-6-10-26(5)17(14)15-9-7-11-28-15/h7,9,11,14,17H,6,8,10,12-13H2,1-5H3,(H2,21,22,23). The molecule has 0 bridgehead atoms. The summed E-state index contributed by atoms with van der Waals surface area (Å²) in [6.45, 7) is 8.69. The van der Waals surface area contributed by atoms with Crippen LogP contribution in [0.15, 0.2) is 27.0 Å². The number of hydrogen-bond donors (Lipinski definition) is 2. The molecule has 2 N–H and O–H groups in total. The number of nitrogens with zero attached hydrogens (tertiary/aromatic N) is 4. The first kappa shape index (κ1) is 20.8. The van der Waals surface area contributed by atoms with E-state index < -0.39 is 0 Å². The summed E-state index contributed by atoms with van der Waals surface area (Å²) in [6.07, 6.45) is 2.45. The zero-order valence-corrected chi connectivity index (χ0v) is 18.3. The minimum absolute atomic E-state index is 0.144. The average Bonchev–Trinajstić information content (AvgIpc) is 3.33. The Labute approximate surface area is 171 Å². The summed E-state index contributed by atoms with van der Waals surface area (Å²) in [5, 5.41) is 13.0. The molecule has 0 saturated carbocycles. The molecule has 0 amide bonds. The number of piperidine rings is 1. The third kappa shape index (κ3) is 5.11. The molecular weight excluding hydrogens is 372 g/mol. The number of aliphatic imine (C=N–C) groups is 1. The molecule has 2 atom stereocenters. The molecule has 3 rings (SSSR count). The first-order valence-corrected chi connectivity index (χ1v) is 10.8. The Kier molecular flexibility index (Phi) is 6.72. The SMILES string of the molecule is CN=C(NCc1noc(C(C)(C)C)n1)NCC1CCCN(C)C1c1cccs1. The molecular formula is C20H32N6OS. The largest absolute Gasteiger partial charge is 0.356 e. The van der Waals surface area contributed by atoms with Crippen molar-refractivity contribution in [1.29, 1.82) is 0 Å². The quantitative estimate of drug-likeness (QED) is 0.589. The summed E-state index contributed by atoms with van der Waals surface area (Å²) in [5.74, 6) is 2.60. The number of thiophene rings is 1. The molecule has 2 unspecified atom stereocenters. The molecule has 8 heteroatoms. The Morgan fingerprint density at radius 1 is 1.39 bits per heavy atom. The lowest BCUT2D eigenvalue weighted by atomic mass is 9.88. The number of rotatable bonds is 5. The number of aromatic nitrogens is 2. The van der Waals surface area contributed by atoms with E-state index in [0.717, 1.165) is 19.0 Å². The van der Waals surface area contributed by atoms with Crippen molar-refractivity contribution < 1.29 is 4.52 Å². The van der Waals surface area contributed by atoms with E-state index in [1.807, 2.05) is 11.3 Å². The van der Waals surface area contributed by atoms with Crippen LogP contribution in [0.3, 0.4) is 0 Å². The molecule has 1 aliphatic heterocycles. The Bertz CT molecular complexity index is 764. The summed E-state index contributed by atoms with van der Waals surface area (Å²) in [7, 11) is 4.02. The fourth-order valence-corrected chi connectivity index (χ4v) is 4.61. The Hall–Kier alpha value is -1.93. The van der Waals surface area contributed by atoms with Crippen LogP contribution in [0, 0.1) is 5.92 Å². The van der Waals surface area contributed by atoms with Crippen molar-refractivity contribution in [3.05, 3.63) is 34.1 Å². The van der Waals surface area contributed by atoms with Gasteiger partial charge in [-0.15, -0.1) is 11.3 Å². The van der Waals surface area contributed by atoms with E-state index in [9.17, 15) is 0 Å². The summed E-state index contributed by atoms with van der Waals surface area (Å²) >= 11 is 1.85. The second-order valence-electron chi connectivity index (χ2n) is 8.42. The van der Waals surface area contributed by atoms with E-state index in [1.165, 1.54) is 17.7 Å². The van der Waals surface area contributed by atoms with Crippen LogP contribution < -0.4 is 10.6 Å². The van der Waals surface area contributed by atoms with Crippen molar-refractivity contribution in [3.63, 3.8) is 0 Å². The molecule has 154 valence electrons. The van der Waals surface area contributed by atoms with Crippen LogP contribution in [0.5, 0.6) is 0 Å². The maximum Gasteiger partial charge on any atom is 0.232 e. The first-order valence-electron chi connectivity index (χ1n) is 9.89. The summed E-state index contributed by atoms with van der Waals surface area (Å²) in [4.78, 5) is 12.7. The van der Waals surface area contributed by atoms with E-state index >= 15 is 0 Å². The Morgan fingerprint density at radius 2 is 2.21 bits per heavy atom. The molecule has 0 aliphatic carbocycles. The van der Waals surface area contributed by atoms with Crippen LogP contribution in [0.2, 0.25) is 0 Å². The maximum absolute atomic E-state index is 5.35. The lowest BCUT2D eigenvalue weighted by molar-refractivity contribution is 0.125. The fraction of sp³-hybridized carbons (Fsp3) is 0.650. The predicted molar refractivity (Wildman–Crippen MR) is 114 cm³/mol. The second kappa shape index (κ2) is 9.05. The molecule has 0 spiro atoms. The second-order valence-corrected chi connectivity index (χ2v) is 9.39. The number of likely N-dealkylation sites (tertiary alicyclic amines) is 1. The van der Waals surface area contributed by atoms with Crippen LogP contribution in [0.25, 0.3) is 0 Å². The highest BCUT2D eigenvalue weighted by atomic mass is 32.1. The van der Waals surface area contributed by atoms with Crippen molar-refractivity contribution >= 4 is 17.3 Å². The van der Waals surface area contributed by atoms with Gasteiger partial charge in [-0.25, -0.2) is 0 Å². The molecule has 28 heavy (non-hydrogen) atoms. The third-order valence-electron chi connectivity index (χ3n) is 5.12. The molecule has 1 aliphatic rings. The van der Waals surface area contributed by atoms with Crippen molar-refractivity contribution in [2.75, 3.05) is 27.2 Å². The molecule has 2 aromatic heterocycles. The smallest absolute Gasteiger partial charge is 0.232 e. The molecule has 1 fully saturated rings. The van der Waals surface area contributed by atoms with E-state index in [2.05, 4.69) is 76.0 Å². The van der Waals surface area contributed by atoms with Crippen LogP contribution in [0.1, 0.15) is 56.2 Å². The van der Waals surface area contributed by atoms with Gasteiger partial charge in [0.25, 0.3) is 0 Å². The van der Waals surface area contributed by atoms with Crippen LogP contribution in [0.4, 0.5) is 0 Å².